The maximum absolute atomic E-state index is 8.81. The second-order valence-electron chi connectivity index (χ2n) is 4.33. The van der Waals surface area contributed by atoms with Crippen LogP contribution in [0.1, 0.15) is 38.5 Å². The van der Waals surface area contributed by atoms with Gasteiger partial charge in [-0.1, -0.05) is 12.8 Å². The maximum Gasteiger partial charge on any atom is 0.179 e. The average molecular weight is 164 g/mol. The highest BCUT2D eigenvalue weighted by molar-refractivity contribution is 4.93. The van der Waals surface area contributed by atoms with Crippen LogP contribution in [0, 0.1) is 16.9 Å². The summed E-state index contributed by atoms with van der Waals surface area (Å²) in [5.74, 6) is 0. The molecule has 0 aromatic carbocycles. The number of likely N-dealkylation sites (tertiary alicyclic amines) is 1. The largest absolute Gasteiger partial charge is 0.310 e. The van der Waals surface area contributed by atoms with Crippen LogP contribution < -0.4 is 0 Å². The second-order valence-corrected chi connectivity index (χ2v) is 4.33. The molecule has 1 spiro atoms. The van der Waals surface area contributed by atoms with E-state index in [4.69, 9.17) is 5.26 Å². The zero-order chi connectivity index (χ0) is 8.44. The van der Waals surface area contributed by atoms with Crippen LogP contribution in [-0.4, -0.2) is 18.0 Å². The Hall–Kier alpha value is -0.710. The lowest BCUT2D eigenvalue weighted by molar-refractivity contribution is 0.136. The van der Waals surface area contributed by atoms with Gasteiger partial charge in [-0.2, -0.15) is 5.26 Å². The number of nitriles is 1. The van der Waals surface area contributed by atoms with E-state index in [2.05, 4.69) is 6.19 Å². The van der Waals surface area contributed by atoms with Crippen LogP contribution in [0.2, 0.25) is 0 Å². The molecule has 12 heavy (non-hydrogen) atoms. The fourth-order valence-corrected chi connectivity index (χ4v) is 2.83. The van der Waals surface area contributed by atoms with E-state index in [0.717, 1.165) is 13.1 Å². The smallest absolute Gasteiger partial charge is 0.179 e. The third kappa shape index (κ3) is 1.29. The van der Waals surface area contributed by atoms with Crippen molar-refractivity contribution in [2.24, 2.45) is 5.41 Å². The van der Waals surface area contributed by atoms with Crippen molar-refractivity contribution in [3.63, 3.8) is 0 Å². The molecule has 0 aromatic heterocycles. The van der Waals surface area contributed by atoms with Crippen molar-refractivity contribution in [3.05, 3.63) is 0 Å². The fraction of sp³-hybridized carbons (Fsp3) is 0.900. The van der Waals surface area contributed by atoms with Gasteiger partial charge >= 0.3 is 0 Å². The number of nitrogens with zero attached hydrogens (tertiary/aromatic N) is 2. The quantitative estimate of drug-likeness (QED) is 0.513. The van der Waals surface area contributed by atoms with Gasteiger partial charge in [-0.3, -0.25) is 0 Å². The van der Waals surface area contributed by atoms with E-state index in [-0.39, 0.29) is 0 Å². The fourth-order valence-electron chi connectivity index (χ4n) is 2.83. The van der Waals surface area contributed by atoms with Gasteiger partial charge in [-0.25, -0.2) is 0 Å². The van der Waals surface area contributed by atoms with Gasteiger partial charge < -0.3 is 4.90 Å². The van der Waals surface area contributed by atoms with Crippen LogP contribution in [0.15, 0.2) is 0 Å². The predicted molar refractivity (Wildman–Crippen MR) is 47.3 cm³/mol. The molecule has 66 valence electrons. The van der Waals surface area contributed by atoms with Gasteiger partial charge in [0.15, 0.2) is 6.19 Å². The molecule has 2 aliphatic rings. The number of rotatable bonds is 0. The first-order valence-electron chi connectivity index (χ1n) is 4.99. The Morgan fingerprint density at radius 1 is 1.08 bits per heavy atom. The van der Waals surface area contributed by atoms with Crippen LogP contribution in [-0.2, 0) is 0 Å². The Balaban J connectivity index is 2.02. The van der Waals surface area contributed by atoms with Crippen LogP contribution in [0.3, 0.4) is 0 Å². The summed E-state index contributed by atoms with van der Waals surface area (Å²) in [4.78, 5) is 1.95. The number of hydrogen-bond donors (Lipinski definition) is 0. The topological polar surface area (TPSA) is 27.0 Å². The molecule has 1 saturated heterocycles. The van der Waals surface area contributed by atoms with E-state index in [1.165, 1.54) is 38.5 Å². The molecule has 0 N–H and O–H groups in total. The summed E-state index contributed by atoms with van der Waals surface area (Å²) < 4.78 is 0. The van der Waals surface area contributed by atoms with Crippen LogP contribution in [0.4, 0.5) is 0 Å². The molecule has 0 aromatic rings. The van der Waals surface area contributed by atoms with Gasteiger partial charge in [-0.05, 0) is 31.1 Å². The zero-order valence-electron chi connectivity index (χ0n) is 7.55. The monoisotopic (exact) mass is 164 g/mol. The first kappa shape index (κ1) is 7.91. The molecule has 1 heterocycles. The molecule has 0 amide bonds. The lowest BCUT2D eigenvalue weighted by Crippen LogP contribution is -2.39. The van der Waals surface area contributed by atoms with Crippen molar-refractivity contribution in [2.45, 2.75) is 38.5 Å². The number of piperidine rings is 1. The van der Waals surface area contributed by atoms with Gasteiger partial charge in [0.25, 0.3) is 0 Å². The molecule has 2 heteroatoms. The van der Waals surface area contributed by atoms with Crippen molar-refractivity contribution < 1.29 is 0 Å². The highest BCUT2D eigenvalue weighted by atomic mass is 15.1. The van der Waals surface area contributed by atoms with Gasteiger partial charge in [-0.15, -0.1) is 0 Å². The Kier molecular flexibility index (Phi) is 1.96. The van der Waals surface area contributed by atoms with Gasteiger partial charge in [0.2, 0.25) is 0 Å². The Morgan fingerprint density at radius 2 is 1.75 bits per heavy atom. The van der Waals surface area contributed by atoms with Gasteiger partial charge in [0, 0.05) is 13.1 Å². The molecule has 0 atom stereocenters. The van der Waals surface area contributed by atoms with Crippen molar-refractivity contribution in [1.82, 2.24) is 4.90 Å². The second kappa shape index (κ2) is 2.97. The van der Waals surface area contributed by atoms with E-state index in [1.807, 2.05) is 4.90 Å². The highest BCUT2D eigenvalue weighted by Gasteiger charge is 2.37. The Labute approximate surface area is 74.2 Å². The van der Waals surface area contributed by atoms with E-state index in [9.17, 15) is 0 Å². The lowest BCUT2D eigenvalue weighted by Gasteiger charge is -2.37. The minimum absolute atomic E-state index is 0.550. The summed E-state index contributed by atoms with van der Waals surface area (Å²) >= 11 is 0. The van der Waals surface area contributed by atoms with E-state index >= 15 is 0 Å². The van der Waals surface area contributed by atoms with E-state index in [0.29, 0.717) is 5.41 Å². The minimum atomic E-state index is 0.550. The predicted octanol–water partition coefficient (Wildman–Crippen LogP) is 2.12. The molecule has 1 aliphatic carbocycles. The van der Waals surface area contributed by atoms with Gasteiger partial charge in [0.05, 0.1) is 0 Å². The van der Waals surface area contributed by atoms with Crippen molar-refractivity contribution in [3.8, 4) is 6.19 Å². The number of hydrogen-bond acceptors (Lipinski definition) is 2. The van der Waals surface area contributed by atoms with E-state index in [1.54, 1.807) is 0 Å². The standard InChI is InChI=1S/C10H16N2/c11-9-12-7-3-6-10(8-12)4-1-2-5-10/h1-8H2. The molecule has 2 rings (SSSR count). The Bertz CT molecular complexity index is 198. The van der Waals surface area contributed by atoms with E-state index < -0.39 is 0 Å². The molecule has 0 radical (unpaired) electrons. The molecular formula is C10H16N2. The summed E-state index contributed by atoms with van der Waals surface area (Å²) in [5.41, 5.74) is 0.550. The summed E-state index contributed by atoms with van der Waals surface area (Å²) in [6, 6.07) is 0. The lowest BCUT2D eigenvalue weighted by atomic mass is 9.79. The summed E-state index contributed by atoms with van der Waals surface area (Å²) in [7, 11) is 0. The summed E-state index contributed by atoms with van der Waals surface area (Å²) in [6.45, 7) is 2.04. The van der Waals surface area contributed by atoms with Crippen molar-refractivity contribution in [2.75, 3.05) is 13.1 Å². The van der Waals surface area contributed by atoms with Crippen LogP contribution >= 0.6 is 0 Å². The average Bonchev–Trinajstić information content (AvgIpc) is 2.53. The maximum atomic E-state index is 8.81. The molecule has 2 fully saturated rings. The van der Waals surface area contributed by atoms with Crippen molar-refractivity contribution in [1.29, 1.82) is 5.26 Å². The summed E-state index contributed by atoms with van der Waals surface area (Å²) in [6.07, 6.45) is 10.4. The summed E-state index contributed by atoms with van der Waals surface area (Å²) in [5, 5.41) is 8.81. The molecular weight excluding hydrogens is 148 g/mol. The highest BCUT2D eigenvalue weighted by Crippen LogP contribution is 2.44. The van der Waals surface area contributed by atoms with Crippen LogP contribution in [0.25, 0.3) is 0 Å². The molecule has 1 aliphatic heterocycles. The molecule has 0 unspecified atom stereocenters. The first-order valence-corrected chi connectivity index (χ1v) is 4.99. The third-order valence-corrected chi connectivity index (χ3v) is 3.47. The molecule has 0 bridgehead atoms. The SMILES string of the molecule is N#CN1CCCC2(CCCC2)C1. The first-order chi connectivity index (χ1) is 5.85. The third-order valence-electron chi connectivity index (χ3n) is 3.47. The minimum Gasteiger partial charge on any atom is -0.310 e. The molecule has 2 nitrogen and oxygen atoms in total. The van der Waals surface area contributed by atoms with Gasteiger partial charge in [0.1, 0.15) is 0 Å². The zero-order valence-corrected chi connectivity index (χ0v) is 7.55. The Morgan fingerprint density at radius 3 is 2.42 bits per heavy atom. The van der Waals surface area contributed by atoms with Crippen molar-refractivity contribution >= 4 is 0 Å². The molecule has 1 saturated carbocycles. The normalized spacial score (nSPS) is 27.4. The van der Waals surface area contributed by atoms with Crippen LogP contribution in [0.5, 0.6) is 0 Å².